The Balaban J connectivity index is 1.78. The normalized spacial score (nSPS) is 16.5. The van der Waals surface area contributed by atoms with Gasteiger partial charge in [-0.15, -0.1) is 0 Å². The second-order valence-corrected chi connectivity index (χ2v) is 6.90. The van der Waals surface area contributed by atoms with E-state index in [1.807, 2.05) is 24.3 Å². The summed E-state index contributed by atoms with van der Waals surface area (Å²) in [6.07, 6.45) is 7.00. The lowest BCUT2D eigenvalue weighted by atomic mass is 9.69. The number of hydrogen-bond acceptors (Lipinski definition) is 1. The van der Waals surface area contributed by atoms with E-state index in [4.69, 9.17) is 0 Å². The van der Waals surface area contributed by atoms with Gasteiger partial charge in [0.05, 0.1) is 0 Å². The average molecular weight is 321 g/mol. The molecule has 0 saturated heterocycles. The van der Waals surface area contributed by atoms with Gasteiger partial charge in [0.15, 0.2) is 0 Å². The van der Waals surface area contributed by atoms with Crippen LogP contribution in [0.1, 0.15) is 60.5 Å². The van der Waals surface area contributed by atoms with Gasteiger partial charge < -0.3 is 5.32 Å². The van der Waals surface area contributed by atoms with Gasteiger partial charge >= 0.3 is 0 Å². The number of carbonyl (C=O) groups is 1. The molecular formula is C22H27NO. The number of nitrogens with one attached hydrogen (secondary N) is 1. The van der Waals surface area contributed by atoms with Crippen molar-refractivity contribution in [3.05, 3.63) is 71.3 Å². The highest BCUT2D eigenvalue weighted by molar-refractivity contribution is 5.95. The van der Waals surface area contributed by atoms with E-state index >= 15 is 0 Å². The maximum absolute atomic E-state index is 12.7. The lowest BCUT2D eigenvalue weighted by Crippen LogP contribution is -2.42. The molecule has 0 heterocycles. The zero-order valence-corrected chi connectivity index (χ0v) is 14.6. The summed E-state index contributed by atoms with van der Waals surface area (Å²) in [5.74, 6) is 0.0633. The molecule has 0 aliphatic heterocycles. The van der Waals surface area contributed by atoms with Gasteiger partial charge in [-0.3, -0.25) is 4.79 Å². The molecule has 0 bridgehead atoms. The van der Waals surface area contributed by atoms with Crippen LogP contribution < -0.4 is 5.32 Å². The predicted molar refractivity (Wildman–Crippen MR) is 99.4 cm³/mol. The topological polar surface area (TPSA) is 29.1 Å². The Morgan fingerprint density at radius 1 is 0.958 bits per heavy atom. The Bertz CT molecular complexity index is 671. The number of carbonyl (C=O) groups excluding carboxylic acids is 1. The van der Waals surface area contributed by atoms with Gasteiger partial charge in [-0.2, -0.15) is 0 Å². The van der Waals surface area contributed by atoms with Crippen molar-refractivity contribution in [3.63, 3.8) is 0 Å². The van der Waals surface area contributed by atoms with E-state index in [0.717, 1.165) is 36.9 Å². The quantitative estimate of drug-likeness (QED) is 0.835. The standard InChI is InChI=1S/C22H27NO/c1-2-18-11-7-8-14-20(18)21(24)23-17-22(15-9-4-10-16-22)19-12-5-3-6-13-19/h3,5-8,11-14H,2,4,9-10,15-17H2,1H3,(H,23,24). The summed E-state index contributed by atoms with van der Waals surface area (Å²) >= 11 is 0. The molecule has 1 aliphatic carbocycles. The maximum Gasteiger partial charge on any atom is 0.251 e. The predicted octanol–water partition coefficient (Wildman–Crippen LogP) is 4.88. The molecule has 0 spiro atoms. The zero-order chi connectivity index (χ0) is 16.8. The monoisotopic (exact) mass is 321 g/mol. The van der Waals surface area contributed by atoms with E-state index in [1.54, 1.807) is 0 Å². The molecule has 2 aromatic carbocycles. The first-order valence-corrected chi connectivity index (χ1v) is 9.17. The minimum atomic E-state index is 0.0633. The second kappa shape index (κ2) is 7.65. The Labute approximate surface area is 145 Å². The molecule has 0 unspecified atom stereocenters. The van der Waals surface area contributed by atoms with Gasteiger partial charge in [0.2, 0.25) is 0 Å². The fraction of sp³-hybridized carbons (Fsp3) is 0.409. The molecule has 2 nitrogen and oxygen atoms in total. The van der Waals surface area contributed by atoms with Gasteiger partial charge in [-0.05, 0) is 36.5 Å². The molecule has 1 N–H and O–H groups in total. The van der Waals surface area contributed by atoms with Crippen LogP contribution in [0.5, 0.6) is 0 Å². The van der Waals surface area contributed by atoms with Crippen molar-refractivity contribution in [2.45, 2.75) is 50.9 Å². The highest BCUT2D eigenvalue weighted by Gasteiger charge is 2.34. The second-order valence-electron chi connectivity index (χ2n) is 6.90. The van der Waals surface area contributed by atoms with Crippen molar-refractivity contribution in [1.29, 1.82) is 0 Å². The van der Waals surface area contributed by atoms with Gasteiger partial charge in [-0.1, -0.05) is 74.7 Å². The molecule has 3 rings (SSSR count). The molecule has 1 aliphatic rings. The summed E-state index contributed by atoms with van der Waals surface area (Å²) in [5, 5.41) is 3.24. The van der Waals surface area contributed by atoms with Crippen LogP contribution in [-0.2, 0) is 11.8 Å². The van der Waals surface area contributed by atoms with Crippen LogP contribution in [0.15, 0.2) is 54.6 Å². The summed E-state index contributed by atoms with van der Waals surface area (Å²) in [5.41, 5.74) is 3.40. The van der Waals surface area contributed by atoms with Crippen molar-refractivity contribution in [2.24, 2.45) is 0 Å². The van der Waals surface area contributed by atoms with E-state index in [1.165, 1.54) is 24.8 Å². The number of hydrogen-bond donors (Lipinski definition) is 1. The minimum absolute atomic E-state index is 0.0633. The van der Waals surface area contributed by atoms with Crippen molar-refractivity contribution < 1.29 is 4.79 Å². The summed E-state index contributed by atoms with van der Waals surface area (Å²) in [6, 6.07) is 18.7. The molecule has 1 saturated carbocycles. The van der Waals surface area contributed by atoms with E-state index in [2.05, 4.69) is 42.6 Å². The SMILES string of the molecule is CCc1ccccc1C(=O)NCC1(c2ccccc2)CCCCC1. The molecule has 0 aromatic heterocycles. The Morgan fingerprint density at radius 3 is 2.33 bits per heavy atom. The van der Waals surface area contributed by atoms with Crippen molar-refractivity contribution >= 4 is 5.91 Å². The molecule has 2 aromatic rings. The van der Waals surface area contributed by atoms with Crippen LogP contribution in [-0.4, -0.2) is 12.5 Å². The summed E-state index contributed by atoms with van der Waals surface area (Å²) in [6.45, 7) is 2.83. The van der Waals surface area contributed by atoms with Gasteiger partial charge in [-0.25, -0.2) is 0 Å². The number of benzene rings is 2. The minimum Gasteiger partial charge on any atom is -0.351 e. The van der Waals surface area contributed by atoms with Crippen LogP contribution in [0.4, 0.5) is 0 Å². The van der Waals surface area contributed by atoms with E-state index in [9.17, 15) is 4.79 Å². The molecule has 1 fully saturated rings. The van der Waals surface area contributed by atoms with Gasteiger partial charge in [0.1, 0.15) is 0 Å². The number of rotatable bonds is 5. The largest absolute Gasteiger partial charge is 0.351 e. The Kier molecular flexibility index (Phi) is 5.34. The highest BCUT2D eigenvalue weighted by Crippen LogP contribution is 2.39. The van der Waals surface area contributed by atoms with Gasteiger partial charge in [0, 0.05) is 17.5 Å². The van der Waals surface area contributed by atoms with Crippen LogP contribution >= 0.6 is 0 Å². The Hall–Kier alpha value is -2.09. The van der Waals surface area contributed by atoms with Crippen LogP contribution in [0.2, 0.25) is 0 Å². The first-order valence-electron chi connectivity index (χ1n) is 9.17. The highest BCUT2D eigenvalue weighted by atomic mass is 16.1. The van der Waals surface area contributed by atoms with Crippen molar-refractivity contribution in [2.75, 3.05) is 6.54 Å². The average Bonchev–Trinajstić information content (AvgIpc) is 2.67. The third-order valence-electron chi connectivity index (χ3n) is 5.43. The first-order chi connectivity index (χ1) is 11.7. The zero-order valence-electron chi connectivity index (χ0n) is 14.6. The van der Waals surface area contributed by atoms with Crippen molar-refractivity contribution in [3.8, 4) is 0 Å². The summed E-state index contributed by atoms with van der Waals surface area (Å²) < 4.78 is 0. The maximum atomic E-state index is 12.7. The summed E-state index contributed by atoms with van der Waals surface area (Å²) in [4.78, 5) is 12.7. The molecule has 1 amide bonds. The molecule has 24 heavy (non-hydrogen) atoms. The van der Waals surface area contributed by atoms with Gasteiger partial charge in [0.25, 0.3) is 5.91 Å². The number of aryl methyl sites for hydroxylation is 1. The van der Waals surface area contributed by atoms with E-state index in [0.29, 0.717) is 0 Å². The smallest absolute Gasteiger partial charge is 0.251 e. The third kappa shape index (κ3) is 3.53. The fourth-order valence-corrected chi connectivity index (χ4v) is 3.98. The first kappa shape index (κ1) is 16.8. The lowest BCUT2D eigenvalue weighted by Gasteiger charge is -2.38. The van der Waals surface area contributed by atoms with E-state index in [-0.39, 0.29) is 11.3 Å². The molecule has 2 heteroatoms. The lowest BCUT2D eigenvalue weighted by molar-refractivity contribution is 0.0935. The number of amides is 1. The molecule has 0 atom stereocenters. The summed E-state index contributed by atoms with van der Waals surface area (Å²) in [7, 11) is 0. The van der Waals surface area contributed by atoms with Crippen LogP contribution in [0.3, 0.4) is 0 Å². The fourth-order valence-electron chi connectivity index (χ4n) is 3.98. The Morgan fingerprint density at radius 2 is 1.62 bits per heavy atom. The molecule has 0 radical (unpaired) electrons. The molecular weight excluding hydrogens is 294 g/mol. The third-order valence-corrected chi connectivity index (χ3v) is 5.43. The van der Waals surface area contributed by atoms with Crippen LogP contribution in [0, 0.1) is 0 Å². The van der Waals surface area contributed by atoms with Crippen LogP contribution in [0.25, 0.3) is 0 Å². The van der Waals surface area contributed by atoms with E-state index < -0.39 is 0 Å². The van der Waals surface area contributed by atoms with Crippen molar-refractivity contribution in [1.82, 2.24) is 5.32 Å². The molecule has 126 valence electrons.